The lowest BCUT2D eigenvalue weighted by Crippen LogP contribution is -2.24. The minimum absolute atomic E-state index is 0.306. The van der Waals surface area contributed by atoms with Crippen molar-refractivity contribution < 1.29 is 8.42 Å². The summed E-state index contributed by atoms with van der Waals surface area (Å²) in [6.45, 7) is 3.11. The number of nitrogens with one attached hydrogen (secondary N) is 1. The van der Waals surface area contributed by atoms with Gasteiger partial charge in [0.15, 0.2) is 0 Å². The van der Waals surface area contributed by atoms with Crippen molar-refractivity contribution in [3.63, 3.8) is 0 Å². The van der Waals surface area contributed by atoms with Gasteiger partial charge in [-0.25, -0.2) is 13.1 Å². The van der Waals surface area contributed by atoms with Crippen LogP contribution in [-0.4, -0.2) is 15.0 Å². The van der Waals surface area contributed by atoms with E-state index in [9.17, 15) is 8.42 Å². The van der Waals surface area contributed by atoms with E-state index in [4.69, 9.17) is 5.73 Å². The third-order valence-corrected chi connectivity index (χ3v) is 4.77. The molecule has 0 aliphatic rings. The normalized spacial score (nSPS) is 11.7. The Morgan fingerprint density at radius 3 is 2.20 bits per heavy atom. The van der Waals surface area contributed by atoms with Crippen molar-refractivity contribution in [1.82, 2.24) is 4.72 Å². The van der Waals surface area contributed by atoms with Crippen molar-refractivity contribution in [3.05, 3.63) is 29.8 Å². The van der Waals surface area contributed by atoms with Gasteiger partial charge in [0.1, 0.15) is 0 Å². The summed E-state index contributed by atoms with van der Waals surface area (Å²) in [7, 11) is -3.37. The molecule has 0 aliphatic carbocycles. The maximum absolute atomic E-state index is 12.0. The van der Waals surface area contributed by atoms with Crippen molar-refractivity contribution in [1.29, 1.82) is 0 Å². The zero-order valence-electron chi connectivity index (χ0n) is 12.3. The summed E-state index contributed by atoms with van der Waals surface area (Å²) >= 11 is 0. The predicted molar refractivity (Wildman–Crippen MR) is 82.9 cm³/mol. The minimum Gasteiger partial charge on any atom is -0.326 e. The molecule has 1 aromatic rings. The van der Waals surface area contributed by atoms with Crippen LogP contribution in [0.2, 0.25) is 0 Å². The largest absolute Gasteiger partial charge is 0.326 e. The molecule has 0 heterocycles. The van der Waals surface area contributed by atoms with Crippen LogP contribution in [0.1, 0.15) is 51.0 Å². The average molecular weight is 298 g/mol. The summed E-state index contributed by atoms with van der Waals surface area (Å²) < 4.78 is 26.7. The highest BCUT2D eigenvalue weighted by Gasteiger charge is 2.12. The predicted octanol–water partition coefficient (Wildman–Crippen LogP) is 2.78. The van der Waals surface area contributed by atoms with Gasteiger partial charge >= 0.3 is 0 Å². The number of hydrogen-bond acceptors (Lipinski definition) is 3. The number of unbranched alkanes of at least 4 members (excludes halogenated alkanes) is 5. The van der Waals surface area contributed by atoms with Crippen molar-refractivity contribution in [2.45, 2.75) is 56.9 Å². The fourth-order valence-corrected chi connectivity index (χ4v) is 3.07. The molecular formula is C15H26N2O2S. The summed E-state index contributed by atoms with van der Waals surface area (Å²) in [6, 6.07) is 6.70. The average Bonchev–Trinajstić information content (AvgIpc) is 2.46. The van der Waals surface area contributed by atoms with Crippen molar-refractivity contribution in [2.24, 2.45) is 5.73 Å². The Morgan fingerprint density at radius 1 is 1.00 bits per heavy atom. The third kappa shape index (κ3) is 6.03. The highest BCUT2D eigenvalue weighted by molar-refractivity contribution is 7.89. The second-order valence-electron chi connectivity index (χ2n) is 5.01. The smallest absolute Gasteiger partial charge is 0.240 e. The zero-order valence-corrected chi connectivity index (χ0v) is 13.1. The molecule has 0 saturated heterocycles. The number of nitrogens with two attached hydrogens (primary N) is 1. The van der Waals surface area contributed by atoms with E-state index in [1.165, 1.54) is 25.7 Å². The summed E-state index contributed by atoms with van der Waals surface area (Å²) in [5, 5.41) is 0. The van der Waals surface area contributed by atoms with Gasteiger partial charge in [0.2, 0.25) is 10.0 Å². The molecule has 0 fully saturated rings. The molecule has 0 amide bonds. The van der Waals surface area contributed by atoms with E-state index in [-0.39, 0.29) is 0 Å². The van der Waals surface area contributed by atoms with Crippen LogP contribution in [0.5, 0.6) is 0 Å². The topological polar surface area (TPSA) is 72.2 Å². The monoisotopic (exact) mass is 298 g/mol. The number of hydrogen-bond donors (Lipinski definition) is 2. The fraction of sp³-hybridized carbons (Fsp3) is 0.600. The van der Waals surface area contributed by atoms with Crippen LogP contribution in [0.4, 0.5) is 0 Å². The highest BCUT2D eigenvalue weighted by Crippen LogP contribution is 2.10. The molecule has 0 aliphatic heterocycles. The van der Waals surface area contributed by atoms with E-state index in [1.807, 2.05) is 0 Å². The van der Waals surface area contributed by atoms with E-state index in [1.54, 1.807) is 24.3 Å². The third-order valence-electron chi connectivity index (χ3n) is 3.29. The summed E-state index contributed by atoms with van der Waals surface area (Å²) in [5.74, 6) is 0. The summed E-state index contributed by atoms with van der Waals surface area (Å²) in [5.41, 5.74) is 6.42. The van der Waals surface area contributed by atoms with Gasteiger partial charge < -0.3 is 5.73 Å². The molecule has 3 N–H and O–H groups in total. The zero-order chi connectivity index (χ0) is 14.8. The van der Waals surface area contributed by atoms with Crippen LogP contribution in [0, 0.1) is 0 Å². The van der Waals surface area contributed by atoms with Gasteiger partial charge in [-0.2, -0.15) is 0 Å². The van der Waals surface area contributed by atoms with Crippen LogP contribution < -0.4 is 10.5 Å². The molecule has 0 spiro atoms. The second-order valence-corrected chi connectivity index (χ2v) is 6.78. The molecule has 20 heavy (non-hydrogen) atoms. The minimum atomic E-state index is -3.37. The maximum atomic E-state index is 12.0. The van der Waals surface area contributed by atoms with Gasteiger partial charge in [-0.3, -0.25) is 0 Å². The van der Waals surface area contributed by atoms with Crippen molar-refractivity contribution >= 4 is 10.0 Å². The van der Waals surface area contributed by atoms with E-state index in [0.29, 0.717) is 18.0 Å². The Labute approximate surface area is 122 Å². The van der Waals surface area contributed by atoms with Gasteiger partial charge in [-0.15, -0.1) is 0 Å². The Morgan fingerprint density at radius 2 is 1.60 bits per heavy atom. The molecule has 0 radical (unpaired) electrons. The summed E-state index contributed by atoms with van der Waals surface area (Å²) in [6.07, 6.45) is 6.88. The van der Waals surface area contributed by atoms with Gasteiger partial charge in [0.05, 0.1) is 4.90 Å². The molecule has 5 heteroatoms. The number of sulfonamides is 1. The molecular weight excluding hydrogens is 272 g/mol. The number of rotatable bonds is 10. The van der Waals surface area contributed by atoms with E-state index in [2.05, 4.69) is 11.6 Å². The lowest BCUT2D eigenvalue weighted by Gasteiger charge is -2.07. The SMILES string of the molecule is CCCCCCCCNS(=O)(=O)c1ccc(CN)cc1. The van der Waals surface area contributed by atoms with E-state index >= 15 is 0 Å². The molecule has 0 unspecified atom stereocenters. The van der Waals surface area contributed by atoms with Crippen LogP contribution in [0.15, 0.2) is 29.2 Å². The van der Waals surface area contributed by atoms with Crippen LogP contribution in [0.25, 0.3) is 0 Å². The number of benzene rings is 1. The molecule has 0 aromatic heterocycles. The van der Waals surface area contributed by atoms with Crippen LogP contribution in [-0.2, 0) is 16.6 Å². The molecule has 0 saturated carbocycles. The highest BCUT2D eigenvalue weighted by atomic mass is 32.2. The molecule has 0 atom stereocenters. The van der Waals surface area contributed by atoms with Crippen molar-refractivity contribution in [3.8, 4) is 0 Å². The Balaban J connectivity index is 2.33. The van der Waals surface area contributed by atoms with Gasteiger partial charge in [0, 0.05) is 13.1 Å². The lowest BCUT2D eigenvalue weighted by atomic mass is 10.1. The second kappa shape index (κ2) is 9.10. The first-order valence-electron chi connectivity index (χ1n) is 7.39. The first kappa shape index (κ1) is 17.1. The molecule has 4 nitrogen and oxygen atoms in total. The fourth-order valence-electron chi connectivity index (χ4n) is 2.00. The quantitative estimate of drug-likeness (QED) is 0.652. The van der Waals surface area contributed by atoms with Gasteiger partial charge in [0.25, 0.3) is 0 Å². The standard InChI is InChI=1S/C15H26N2O2S/c1-2-3-4-5-6-7-12-17-20(18,19)15-10-8-14(13-16)9-11-15/h8-11,17H,2-7,12-13,16H2,1H3. The maximum Gasteiger partial charge on any atom is 0.240 e. The van der Waals surface area contributed by atoms with Crippen LogP contribution in [0.3, 0.4) is 0 Å². The van der Waals surface area contributed by atoms with E-state index in [0.717, 1.165) is 18.4 Å². The van der Waals surface area contributed by atoms with Gasteiger partial charge in [-0.05, 0) is 24.1 Å². The van der Waals surface area contributed by atoms with E-state index < -0.39 is 10.0 Å². The lowest BCUT2D eigenvalue weighted by molar-refractivity contribution is 0.567. The molecule has 1 aromatic carbocycles. The molecule has 0 bridgehead atoms. The molecule has 114 valence electrons. The summed E-state index contributed by atoms with van der Waals surface area (Å²) in [4.78, 5) is 0.306. The van der Waals surface area contributed by atoms with Crippen LogP contribution >= 0.6 is 0 Å². The van der Waals surface area contributed by atoms with Crippen molar-refractivity contribution in [2.75, 3.05) is 6.54 Å². The first-order chi connectivity index (χ1) is 9.60. The Kier molecular flexibility index (Phi) is 7.80. The molecule has 1 rings (SSSR count). The Hall–Kier alpha value is -0.910. The first-order valence-corrected chi connectivity index (χ1v) is 8.87. The van der Waals surface area contributed by atoms with Gasteiger partial charge in [-0.1, -0.05) is 51.2 Å². The Bertz CT molecular complexity index is 469.